The molecule has 0 aromatic carbocycles. The molecule has 0 fully saturated rings. The lowest BCUT2D eigenvalue weighted by molar-refractivity contribution is -0.678. The van der Waals surface area contributed by atoms with Crippen LogP contribution in [0.4, 0.5) is 0 Å². The quantitative estimate of drug-likeness (QED) is 0.483. The van der Waals surface area contributed by atoms with Crippen LogP contribution >= 0.6 is 11.3 Å². The Morgan fingerprint density at radius 1 is 1.37 bits per heavy atom. The lowest BCUT2D eigenvalue weighted by Crippen LogP contribution is -2.36. The van der Waals surface area contributed by atoms with E-state index in [2.05, 4.69) is 15.3 Å². The number of nitrogens with zero attached hydrogens (tertiary/aromatic N) is 5. The molecule has 3 aromatic heterocycles. The lowest BCUT2D eigenvalue weighted by atomic mass is 10.3. The van der Waals surface area contributed by atoms with Crippen molar-refractivity contribution < 1.29 is 17.5 Å². The Kier molecular flexibility index (Phi) is 2.77. The molecule has 0 aliphatic heterocycles. The minimum atomic E-state index is -4.29. The predicted molar refractivity (Wildman–Crippen MR) is 64.0 cm³/mol. The minimum absolute atomic E-state index is 0.585. The summed E-state index contributed by atoms with van der Waals surface area (Å²) in [6.45, 7) is 0. The third-order valence-electron chi connectivity index (χ3n) is 2.33. The molecule has 0 bridgehead atoms. The van der Waals surface area contributed by atoms with Crippen LogP contribution < -0.4 is 4.57 Å². The van der Waals surface area contributed by atoms with Crippen molar-refractivity contribution in [1.29, 1.82) is 0 Å². The normalized spacial score (nSPS) is 12.1. The summed E-state index contributed by atoms with van der Waals surface area (Å²) >= 11 is 1.37. The van der Waals surface area contributed by atoms with Crippen LogP contribution in [-0.2, 0) is 16.0 Å². The first-order valence-corrected chi connectivity index (χ1v) is 7.50. The molecule has 10 heteroatoms. The molecular weight excluding hydrogens is 290 g/mol. The predicted octanol–water partition coefficient (Wildman–Crippen LogP) is -0.357. The zero-order valence-electron chi connectivity index (χ0n) is 9.37. The third-order valence-corrected chi connectivity index (χ3v) is 3.91. The van der Waals surface area contributed by atoms with Crippen LogP contribution in [0.5, 0.6) is 0 Å². The number of fused-ring (bicyclic) bond motifs is 1. The minimum Gasteiger partial charge on any atom is -0.743 e. The number of hydrogen-bond acceptors (Lipinski definition) is 7. The first kappa shape index (κ1) is 12.1. The first-order valence-electron chi connectivity index (χ1n) is 5.11. The number of hydrogen-bond donors (Lipinski definition) is 0. The Balaban J connectivity index is 1.92. The highest BCUT2D eigenvalue weighted by Crippen LogP contribution is 2.23. The van der Waals surface area contributed by atoms with Crippen LogP contribution in [0.15, 0.2) is 30.9 Å². The number of pyridine rings is 1. The zero-order chi connectivity index (χ0) is 13.5. The van der Waals surface area contributed by atoms with Crippen molar-refractivity contribution >= 4 is 26.4 Å². The van der Waals surface area contributed by atoms with Crippen LogP contribution in [0.1, 0.15) is 0 Å². The SMILES string of the molecule is O=S(=O)([O-])C[n+]1ccc(-c2nn3cnnc3s2)cc1. The van der Waals surface area contributed by atoms with Gasteiger partial charge in [0.05, 0.1) is 0 Å². The van der Waals surface area contributed by atoms with Crippen molar-refractivity contribution in [1.82, 2.24) is 19.8 Å². The van der Waals surface area contributed by atoms with E-state index in [1.807, 2.05) is 0 Å². The topological polar surface area (TPSA) is 104 Å². The Labute approximate surface area is 111 Å². The molecule has 0 unspecified atom stereocenters. The summed E-state index contributed by atoms with van der Waals surface area (Å²) in [6, 6.07) is 3.38. The summed E-state index contributed by atoms with van der Waals surface area (Å²) in [5.41, 5.74) is 0.815. The summed E-state index contributed by atoms with van der Waals surface area (Å²) < 4.78 is 34.8. The maximum atomic E-state index is 10.6. The fourth-order valence-electron chi connectivity index (χ4n) is 1.55. The van der Waals surface area contributed by atoms with Gasteiger partial charge in [-0.1, -0.05) is 11.3 Å². The van der Waals surface area contributed by atoms with Gasteiger partial charge in [0.25, 0.3) is 0 Å². The van der Waals surface area contributed by atoms with Gasteiger partial charge in [-0.05, 0) is 0 Å². The van der Waals surface area contributed by atoms with Gasteiger partial charge in [-0.3, -0.25) is 0 Å². The molecule has 0 aliphatic carbocycles. The highest BCUT2D eigenvalue weighted by Gasteiger charge is 2.10. The summed E-state index contributed by atoms with van der Waals surface area (Å²) in [7, 11) is -4.29. The number of aromatic nitrogens is 5. The van der Waals surface area contributed by atoms with Gasteiger partial charge in [0.15, 0.2) is 22.5 Å². The highest BCUT2D eigenvalue weighted by molar-refractivity contribution is 7.84. The molecule has 0 radical (unpaired) electrons. The molecule has 0 saturated carbocycles. The molecule has 8 nitrogen and oxygen atoms in total. The first-order chi connectivity index (χ1) is 9.01. The third kappa shape index (κ3) is 2.59. The van der Waals surface area contributed by atoms with E-state index in [9.17, 15) is 13.0 Å². The van der Waals surface area contributed by atoms with Crippen LogP contribution in [-0.4, -0.2) is 32.8 Å². The van der Waals surface area contributed by atoms with E-state index in [-0.39, 0.29) is 0 Å². The summed E-state index contributed by atoms with van der Waals surface area (Å²) in [4.78, 5) is 0.675. The van der Waals surface area contributed by atoms with Crippen molar-refractivity contribution in [2.24, 2.45) is 0 Å². The van der Waals surface area contributed by atoms with E-state index in [1.165, 1.54) is 34.6 Å². The second-order valence-corrected chi connectivity index (χ2v) is 6.08. The van der Waals surface area contributed by atoms with Crippen molar-refractivity contribution in [3.8, 4) is 10.6 Å². The van der Waals surface area contributed by atoms with Gasteiger partial charge >= 0.3 is 0 Å². The zero-order valence-corrected chi connectivity index (χ0v) is 11.0. The average molecular weight is 297 g/mol. The van der Waals surface area contributed by atoms with Gasteiger partial charge in [-0.15, -0.1) is 10.2 Å². The second-order valence-electron chi connectivity index (χ2n) is 3.75. The molecular formula is C9H7N5O3S2. The molecule has 0 spiro atoms. The van der Waals surface area contributed by atoms with Gasteiger partial charge in [-0.25, -0.2) is 8.42 Å². The van der Waals surface area contributed by atoms with E-state index >= 15 is 0 Å². The molecule has 0 atom stereocenters. The summed E-state index contributed by atoms with van der Waals surface area (Å²) in [6.07, 6.45) is 4.54. The molecule has 3 aromatic rings. The summed E-state index contributed by atoms with van der Waals surface area (Å²) in [5, 5.41) is 12.6. The Morgan fingerprint density at radius 2 is 2.11 bits per heavy atom. The maximum Gasteiger partial charge on any atom is 0.236 e. The van der Waals surface area contributed by atoms with Gasteiger partial charge in [0, 0.05) is 17.7 Å². The number of rotatable bonds is 3. The van der Waals surface area contributed by atoms with E-state index in [1.54, 1.807) is 16.6 Å². The van der Waals surface area contributed by atoms with Gasteiger partial charge < -0.3 is 4.55 Å². The molecule has 19 heavy (non-hydrogen) atoms. The molecule has 0 saturated heterocycles. The lowest BCUT2D eigenvalue weighted by Gasteiger charge is -2.02. The molecule has 0 aliphatic rings. The van der Waals surface area contributed by atoms with E-state index in [0.717, 1.165) is 10.6 Å². The standard InChI is InChI=1S/C9H7N5O3S2/c15-19(16,17)6-13-3-1-7(2-4-13)8-12-14-5-10-11-9(14)18-8/h1-5H,6H2. The fraction of sp³-hybridized carbons (Fsp3) is 0.111. The smallest absolute Gasteiger partial charge is 0.236 e. The Morgan fingerprint density at radius 3 is 2.74 bits per heavy atom. The Hall–Kier alpha value is -1.91. The van der Waals surface area contributed by atoms with Crippen LogP contribution in [0.25, 0.3) is 15.5 Å². The average Bonchev–Trinajstić information content (AvgIpc) is 2.87. The van der Waals surface area contributed by atoms with Crippen LogP contribution in [0, 0.1) is 0 Å². The molecule has 0 N–H and O–H groups in total. The van der Waals surface area contributed by atoms with Gasteiger partial charge in [-0.2, -0.15) is 14.2 Å². The van der Waals surface area contributed by atoms with Crippen molar-refractivity contribution in [3.63, 3.8) is 0 Å². The Bertz CT molecular complexity index is 793. The van der Waals surface area contributed by atoms with Crippen molar-refractivity contribution in [2.75, 3.05) is 0 Å². The summed E-state index contributed by atoms with van der Waals surface area (Å²) in [5.74, 6) is -0.585. The van der Waals surface area contributed by atoms with E-state index in [0.29, 0.717) is 4.96 Å². The maximum absolute atomic E-state index is 10.6. The molecule has 0 amide bonds. The molecule has 98 valence electrons. The van der Waals surface area contributed by atoms with Gasteiger partial charge in [0.1, 0.15) is 11.3 Å². The second kappa shape index (κ2) is 4.33. The van der Waals surface area contributed by atoms with E-state index < -0.39 is 16.0 Å². The monoisotopic (exact) mass is 297 g/mol. The molecule has 3 rings (SSSR count). The van der Waals surface area contributed by atoms with Crippen molar-refractivity contribution in [2.45, 2.75) is 5.88 Å². The van der Waals surface area contributed by atoms with Crippen LogP contribution in [0.3, 0.4) is 0 Å². The van der Waals surface area contributed by atoms with Crippen molar-refractivity contribution in [3.05, 3.63) is 30.9 Å². The molecule has 3 heterocycles. The van der Waals surface area contributed by atoms with Gasteiger partial charge in [0.2, 0.25) is 10.8 Å². The largest absolute Gasteiger partial charge is 0.743 e. The fourth-order valence-corrected chi connectivity index (χ4v) is 2.91. The van der Waals surface area contributed by atoms with E-state index in [4.69, 9.17) is 0 Å². The highest BCUT2D eigenvalue weighted by atomic mass is 32.2. The van der Waals surface area contributed by atoms with Crippen LogP contribution in [0.2, 0.25) is 0 Å².